The Kier molecular flexibility index (Phi) is 6.05. The van der Waals surface area contributed by atoms with Gasteiger partial charge >= 0.3 is 0 Å². The largest absolute Gasteiger partial charge is 0.493 e. The second-order valence-corrected chi connectivity index (χ2v) is 7.15. The molecular formula is C19H30N2O2. The zero-order chi connectivity index (χ0) is 16.9. The van der Waals surface area contributed by atoms with Crippen LogP contribution in [-0.4, -0.2) is 37.0 Å². The minimum Gasteiger partial charge on any atom is -0.493 e. The molecule has 4 heteroatoms. The Balaban J connectivity index is 1.66. The highest BCUT2D eigenvalue weighted by molar-refractivity contribution is 5.76. The van der Waals surface area contributed by atoms with Gasteiger partial charge in [-0.25, -0.2) is 0 Å². The first-order chi connectivity index (χ1) is 10.9. The number of hydrogen-bond donors (Lipinski definition) is 1. The zero-order valence-electron chi connectivity index (χ0n) is 14.7. The molecule has 2 rings (SSSR count). The maximum Gasteiger partial charge on any atom is 0.222 e. The Morgan fingerprint density at radius 1 is 1.35 bits per heavy atom. The molecule has 1 heterocycles. The van der Waals surface area contributed by atoms with E-state index in [1.807, 2.05) is 4.90 Å². The number of aryl methyl sites for hydroxylation is 2. The van der Waals surface area contributed by atoms with Gasteiger partial charge < -0.3 is 15.4 Å². The summed E-state index contributed by atoms with van der Waals surface area (Å²) in [4.78, 5) is 14.2. The van der Waals surface area contributed by atoms with E-state index in [1.54, 1.807) is 0 Å². The Morgan fingerprint density at radius 2 is 2.13 bits per heavy atom. The van der Waals surface area contributed by atoms with Gasteiger partial charge in [-0.2, -0.15) is 0 Å². The number of carbonyl (C=O) groups is 1. The molecule has 1 aromatic rings. The fourth-order valence-electron chi connectivity index (χ4n) is 2.98. The SMILES string of the molecule is Cc1ccc(C)c(OCCCCC(=O)N2CCC(C)(CN)C2)c1. The molecule has 0 saturated carbocycles. The minimum atomic E-state index is 0.113. The minimum absolute atomic E-state index is 0.113. The van der Waals surface area contributed by atoms with Gasteiger partial charge in [0.05, 0.1) is 6.61 Å². The Bertz CT molecular complexity index is 544. The van der Waals surface area contributed by atoms with Gasteiger partial charge in [0.25, 0.3) is 0 Å². The summed E-state index contributed by atoms with van der Waals surface area (Å²) >= 11 is 0. The molecule has 0 bridgehead atoms. The number of benzene rings is 1. The first-order valence-corrected chi connectivity index (χ1v) is 8.61. The number of unbranched alkanes of at least 4 members (excludes halogenated alkanes) is 1. The van der Waals surface area contributed by atoms with Crippen LogP contribution in [0.4, 0.5) is 0 Å². The number of carbonyl (C=O) groups excluding carboxylic acids is 1. The average molecular weight is 318 g/mol. The Labute approximate surface area is 140 Å². The van der Waals surface area contributed by atoms with E-state index >= 15 is 0 Å². The van der Waals surface area contributed by atoms with Gasteiger partial charge in [0.1, 0.15) is 5.75 Å². The van der Waals surface area contributed by atoms with E-state index in [0.717, 1.165) is 43.7 Å². The number of rotatable bonds is 7. The first kappa shape index (κ1) is 17.8. The van der Waals surface area contributed by atoms with E-state index in [0.29, 0.717) is 19.6 Å². The average Bonchev–Trinajstić information content (AvgIpc) is 2.93. The number of ether oxygens (including phenoxy) is 1. The maximum atomic E-state index is 12.2. The second-order valence-electron chi connectivity index (χ2n) is 7.15. The van der Waals surface area contributed by atoms with Crippen molar-refractivity contribution in [2.45, 2.75) is 46.5 Å². The predicted molar refractivity (Wildman–Crippen MR) is 93.6 cm³/mol. The predicted octanol–water partition coefficient (Wildman–Crippen LogP) is 3.05. The molecule has 0 aliphatic carbocycles. The summed E-state index contributed by atoms with van der Waals surface area (Å²) in [5.41, 5.74) is 8.27. The third-order valence-electron chi connectivity index (χ3n) is 4.79. The fourth-order valence-corrected chi connectivity index (χ4v) is 2.98. The Hall–Kier alpha value is -1.55. The van der Waals surface area contributed by atoms with Crippen LogP contribution >= 0.6 is 0 Å². The van der Waals surface area contributed by atoms with Crippen molar-refractivity contribution in [3.05, 3.63) is 29.3 Å². The van der Waals surface area contributed by atoms with Crippen LogP contribution < -0.4 is 10.5 Å². The van der Waals surface area contributed by atoms with Crippen molar-refractivity contribution < 1.29 is 9.53 Å². The van der Waals surface area contributed by atoms with Crippen LogP contribution in [0.15, 0.2) is 18.2 Å². The monoisotopic (exact) mass is 318 g/mol. The molecule has 0 radical (unpaired) electrons. The van der Waals surface area contributed by atoms with Gasteiger partial charge in [0.15, 0.2) is 0 Å². The van der Waals surface area contributed by atoms with Gasteiger partial charge in [-0.15, -0.1) is 0 Å². The molecule has 1 amide bonds. The number of hydrogen-bond acceptors (Lipinski definition) is 3. The quantitative estimate of drug-likeness (QED) is 0.786. The van der Waals surface area contributed by atoms with Crippen molar-refractivity contribution in [3.8, 4) is 5.75 Å². The summed E-state index contributed by atoms with van der Waals surface area (Å²) in [6.45, 7) is 9.26. The fraction of sp³-hybridized carbons (Fsp3) is 0.632. The van der Waals surface area contributed by atoms with E-state index in [9.17, 15) is 4.79 Å². The highest BCUT2D eigenvalue weighted by Crippen LogP contribution is 2.29. The molecule has 4 nitrogen and oxygen atoms in total. The number of nitrogens with two attached hydrogens (primary N) is 1. The summed E-state index contributed by atoms with van der Waals surface area (Å²) in [7, 11) is 0. The third-order valence-corrected chi connectivity index (χ3v) is 4.79. The molecule has 0 spiro atoms. The molecule has 128 valence electrons. The van der Waals surface area contributed by atoms with Crippen LogP contribution in [0.5, 0.6) is 5.75 Å². The van der Waals surface area contributed by atoms with Crippen LogP contribution in [0.3, 0.4) is 0 Å². The van der Waals surface area contributed by atoms with Crippen molar-refractivity contribution in [3.63, 3.8) is 0 Å². The molecule has 1 saturated heterocycles. The van der Waals surface area contributed by atoms with Crippen molar-refractivity contribution in [1.29, 1.82) is 0 Å². The molecule has 1 fully saturated rings. The van der Waals surface area contributed by atoms with E-state index < -0.39 is 0 Å². The van der Waals surface area contributed by atoms with Crippen molar-refractivity contribution in [2.24, 2.45) is 11.1 Å². The van der Waals surface area contributed by atoms with Gasteiger partial charge in [-0.1, -0.05) is 19.1 Å². The van der Waals surface area contributed by atoms with Crippen molar-refractivity contribution >= 4 is 5.91 Å². The molecule has 23 heavy (non-hydrogen) atoms. The summed E-state index contributed by atoms with van der Waals surface area (Å²) in [5, 5.41) is 0. The summed E-state index contributed by atoms with van der Waals surface area (Å²) in [6, 6.07) is 6.24. The van der Waals surface area contributed by atoms with E-state index in [1.165, 1.54) is 5.56 Å². The van der Waals surface area contributed by atoms with E-state index in [2.05, 4.69) is 39.0 Å². The Morgan fingerprint density at radius 3 is 2.83 bits per heavy atom. The van der Waals surface area contributed by atoms with Crippen LogP contribution in [0.25, 0.3) is 0 Å². The zero-order valence-corrected chi connectivity index (χ0v) is 14.7. The van der Waals surface area contributed by atoms with Crippen molar-refractivity contribution in [2.75, 3.05) is 26.2 Å². The lowest BCUT2D eigenvalue weighted by Gasteiger charge is -2.22. The van der Waals surface area contributed by atoms with Gasteiger partial charge in [0, 0.05) is 19.5 Å². The normalized spacial score (nSPS) is 20.8. The van der Waals surface area contributed by atoms with Crippen molar-refractivity contribution in [1.82, 2.24) is 4.90 Å². The number of nitrogens with zero attached hydrogens (tertiary/aromatic N) is 1. The maximum absolute atomic E-state index is 12.2. The lowest BCUT2D eigenvalue weighted by Crippen LogP contribution is -2.34. The molecule has 1 aromatic carbocycles. The second kappa shape index (κ2) is 7.82. The smallest absolute Gasteiger partial charge is 0.222 e. The topological polar surface area (TPSA) is 55.6 Å². The van der Waals surface area contributed by atoms with E-state index in [-0.39, 0.29) is 11.3 Å². The van der Waals surface area contributed by atoms with Gasteiger partial charge in [-0.05, 0) is 62.3 Å². The molecule has 1 unspecified atom stereocenters. The van der Waals surface area contributed by atoms with Gasteiger partial charge in [-0.3, -0.25) is 4.79 Å². The lowest BCUT2D eigenvalue weighted by atomic mass is 9.90. The van der Waals surface area contributed by atoms with E-state index in [4.69, 9.17) is 10.5 Å². The first-order valence-electron chi connectivity index (χ1n) is 8.61. The molecule has 0 aromatic heterocycles. The summed E-state index contributed by atoms with van der Waals surface area (Å²) in [6.07, 6.45) is 3.41. The van der Waals surface area contributed by atoms with Crippen LogP contribution in [0.2, 0.25) is 0 Å². The molecule has 1 aliphatic rings. The van der Waals surface area contributed by atoms with Crippen LogP contribution in [0, 0.1) is 19.3 Å². The van der Waals surface area contributed by atoms with Gasteiger partial charge in [0.2, 0.25) is 5.91 Å². The summed E-state index contributed by atoms with van der Waals surface area (Å²) < 4.78 is 5.83. The lowest BCUT2D eigenvalue weighted by molar-refractivity contribution is -0.130. The third kappa shape index (κ3) is 4.96. The standard InChI is InChI=1S/C19H30N2O2/c1-15-7-8-16(2)17(12-15)23-11-5-4-6-18(22)21-10-9-19(3,13-20)14-21/h7-8,12H,4-6,9-11,13-14,20H2,1-3H3. The highest BCUT2D eigenvalue weighted by atomic mass is 16.5. The summed E-state index contributed by atoms with van der Waals surface area (Å²) in [5.74, 6) is 1.21. The number of amides is 1. The number of likely N-dealkylation sites (tertiary alicyclic amines) is 1. The van der Waals surface area contributed by atoms with Crippen LogP contribution in [-0.2, 0) is 4.79 Å². The molecule has 2 N–H and O–H groups in total. The van der Waals surface area contributed by atoms with Crippen LogP contribution in [0.1, 0.15) is 43.7 Å². The highest BCUT2D eigenvalue weighted by Gasteiger charge is 2.34. The molecular weight excluding hydrogens is 288 g/mol. The molecule has 1 atom stereocenters. The molecule has 1 aliphatic heterocycles.